The largest absolute Gasteiger partial charge is 0.494 e. The van der Waals surface area contributed by atoms with Gasteiger partial charge in [-0.25, -0.2) is 0 Å². The molecule has 0 bridgehead atoms. The number of hydrogen-bond donors (Lipinski definition) is 1. The first-order valence-electron chi connectivity index (χ1n) is 6.04. The molecule has 2 aromatic rings. The molecule has 0 fully saturated rings. The maximum atomic E-state index is 8.65. The fraction of sp³-hybridized carbons (Fsp3) is 0.214. The van der Waals surface area contributed by atoms with Crippen LogP contribution in [0.2, 0.25) is 0 Å². The maximum absolute atomic E-state index is 8.65. The number of benzene rings is 1. The van der Waals surface area contributed by atoms with Crippen molar-refractivity contribution in [1.29, 1.82) is 0 Å². The van der Waals surface area contributed by atoms with Crippen LogP contribution in [-0.2, 0) is 0 Å². The van der Waals surface area contributed by atoms with E-state index in [-0.39, 0.29) is 6.61 Å². The zero-order chi connectivity index (χ0) is 13.3. The highest BCUT2D eigenvalue weighted by molar-refractivity contribution is 5.42. The predicted octanol–water partition coefficient (Wildman–Crippen LogP) is 3.26. The number of pyridine rings is 1. The number of aromatic nitrogens is 1. The van der Waals surface area contributed by atoms with Crippen LogP contribution in [-0.4, -0.2) is 23.3 Å². The number of hydrogen-bond acceptors (Lipinski definition) is 5. The molecule has 0 unspecified atom stereocenters. The van der Waals surface area contributed by atoms with Crippen LogP contribution in [0.1, 0.15) is 6.42 Å². The zero-order valence-electron chi connectivity index (χ0n) is 10.4. The van der Waals surface area contributed by atoms with Crippen LogP contribution in [0.3, 0.4) is 0 Å². The molecule has 1 heterocycles. The molecule has 0 amide bonds. The molecule has 1 N–H and O–H groups in total. The molecular weight excluding hydrogens is 242 g/mol. The summed E-state index contributed by atoms with van der Waals surface area (Å²) in [7, 11) is 0. The van der Waals surface area contributed by atoms with Gasteiger partial charge in [0, 0.05) is 25.4 Å². The molecule has 5 heteroatoms. The minimum atomic E-state index is 0.137. The number of azo groups is 1. The lowest BCUT2D eigenvalue weighted by molar-refractivity contribution is 0.233. The summed E-state index contributed by atoms with van der Waals surface area (Å²) < 4.78 is 5.42. The Bertz CT molecular complexity index is 512. The fourth-order valence-corrected chi connectivity index (χ4v) is 1.39. The van der Waals surface area contributed by atoms with E-state index < -0.39 is 0 Å². The minimum absolute atomic E-state index is 0.137. The first-order valence-corrected chi connectivity index (χ1v) is 6.04. The summed E-state index contributed by atoms with van der Waals surface area (Å²) in [4.78, 5) is 3.91. The summed E-state index contributed by atoms with van der Waals surface area (Å²) in [6.45, 7) is 0.645. The van der Waals surface area contributed by atoms with Crippen LogP contribution in [0.5, 0.6) is 5.75 Å². The van der Waals surface area contributed by atoms with Crippen molar-refractivity contribution in [2.75, 3.05) is 13.2 Å². The first-order chi connectivity index (χ1) is 9.38. The lowest BCUT2D eigenvalue weighted by atomic mass is 10.3. The standard InChI is InChI=1S/C14H15N3O2/c18-10-1-11-19-14-4-2-12(3-5-14)16-17-13-6-8-15-9-7-13/h2-9,18H,1,10-11H2. The van der Waals surface area contributed by atoms with E-state index in [0.717, 1.165) is 17.1 Å². The number of aliphatic hydroxyl groups excluding tert-OH is 1. The minimum Gasteiger partial charge on any atom is -0.494 e. The van der Waals surface area contributed by atoms with Crippen molar-refractivity contribution in [3.63, 3.8) is 0 Å². The number of aliphatic hydroxyl groups is 1. The van der Waals surface area contributed by atoms with Gasteiger partial charge in [-0.15, -0.1) is 0 Å². The van der Waals surface area contributed by atoms with Crippen molar-refractivity contribution in [1.82, 2.24) is 4.98 Å². The highest BCUT2D eigenvalue weighted by Crippen LogP contribution is 2.20. The van der Waals surface area contributed by atoms with Crippen LogP contribution >= 0.6 is 0 Å². The van der Waals surface area contributed by atoms with Gasteiger partial charge in [0.25, 0.3) is 0 Å². The lowest BCUT2D eigenvalue weighted by Gasteiger charge is -2.04. The lowest BCUT2D eigenvalue weighted by Crippen LogP contribution is -1.99. The second kappa shape index (κ2) is 7.23. The molecule has 0 spiro atoms. The Balaban J connectivity index is 1.93. The SMILES string of the molecule is OCCCOc1ccc(N=Nc2ccncc2)cc1. The predicted molar refractivity (Wildman–Crippen MR) is 72.1 cm³/mol. The smallest absolute Gasteiger partial charge is 0.119 e. The first kappa shape index (κ1) is 13.2. The third kappa shape index (κ3) is 4.48. The van der Waals surface area contributed by atoms with Crippen LogP contribution in [0.25, 0.3) is 0 Å². The summed E-state index contributed by atoms with van der Waals surface area (Å²) in [5, 5.41) is 16.9. The number of rotatable bonds is 6. The number of nitrogens with zero attached hydrogens (tertiary/aromatic N) is 3. The van der Waals surface area contributed by atoms with E-state index in [1.807, 2.05) is 24.3 Å². The molecule has 19 heavy (non-hydrogen) atoms. The van der Waals surface area contributed by atoms with Crippen molar-refractivity contribution in [2.45, 2.75) is 6.42 Å². The van der Waals surface area contributed by atoms with Gasteiger partial charge < -0.3 is 9.84 Å². The van der Waals surface area contributed by atoms with Crippen LogP contribution in [0.4, 0.5) is 11.4 Å². The monoisotopic (exact) mass is 257 g/mol. The Morgan fingerprint density at radius 1 is 0.947 bits per heavy atom. The van der Waals surface area contributed by atoms with Gasteiger partial charge in [0.1, 0.15) is 5.75 Å². The highest BCUT2D eigenvalue weighted by Gasteiger charge is 1.94. The third-order valence-corrected chi connectivity index (χ3v) is 2.35. The Kier molecular flexibility index (Phi) is 5.01. The van der Waals surface area contributed by atoms with Gasteiger partial charge in [-0.1, -0.05) is 0 Å². The van der Waals surface area contributed by atoms with Gasteiger partial charge in [-0.05, 0) is 36.4 Å². The third-order valence-electron chi connectivity index (χ3n) is 2.35. The van der Waals surface area contributed by atoms with Crippen LogP contribution < -0.4 is 4.74 Å². The molecule has 0 atom stereocenters. The molecule has 1 aromatic carbocycles. The second-order valence-electron chi connectivity index (χ2n) is 3.82. The zero-order valence-corrected chi connectivity index (χ0v) is 10.4. The summed E-state index contributed by atoms with van der Waals surface area (Å²) in [6.07, 6.45) is 3.97. The van der Waals surface area contributed by atoms with E-state index >= 15 is 0 Å². The van der Waals surface area contributed by atoms with Gasteiger partial charge in [0.15, 0.2) is 0 Å². The van der Waals surface area contributed by atoms with E-state index in [1.54, 1.807) is 24.5 Å². The molecule has 98 valence electrons. The summed E-state index contributed by atoms with van der Waals surface area (Å²) >= 11 is 0. The molecule has 1 aromatic heterocycles. The molecule has 2 rings (SSSR count). The van der Waals surface area contributed by atoms with Crippen molar-refractivity contribution >= 4 is 11.4 Å². The van der Waals surface area contributed by atoms with E-state index in [4.69, 9.17) is 9.84 Å². The molecular formula is C14H15N3O2. The molecule has 0 saturated carbocycles. The van der Waals surface area contributed by atoms with Gasteiger partial charge in [0.2, 0.25) is 0 Å². The molecule has 0 aliphatic heterocycles. The van der Waals surface area contributed by atoms with Crippen molar-refractivity contribution in [3.8, 4) is 5.75 Å². The molecule has 0 aliphatic rings. The van der Waals surface area contributed by atoms with Gasteiger partial charge in [-0.2, -0.15) is 10.2 Å². The quantitative estimate of drug-likeness (QED) is 0.638. The van der Waals surface area contributed by atoms with Crippen molar-refractivity contribution in [3.05, 3.63) is 48.8 Å². The van der Waals surface area contributed by atoms with Gasteiger partial charge in [-0.3, -0.25) is 4.98 Å². The molecule has 0 aliphatic carbocycles. The fourth-order valence-electron chi connectivity index (χ4n) is 1.39. The molecule has 5 nitrogen and oxygen atoms in total. The summed E-state index contributed by atoms with van der Waals surface area (Å²) in [5.74, 6) is 0.760. The average Bonchev–Trinajstić information content (AvgIpc) is 2.48. The van der Waals surface area contributed by atoms with E-state index in [9.17, 15) is 0 Å². The average molecular weight is 257 g/mol. The normalized spacial score (nSPS) is 10.8. The van der Waals surface area contributed by atoms with Crippen molar-refractivity contribution < 1.29 is 9.84 Å². The summed E-state index contributed by atoms with van der Waals surface area (Å²) in [5.41, 5.74) is 1.52. The Hall–Kier alpha value is -2.27. The molecule has 0 saturated heterocycles. The molecule has 0 radical (unpaired) electrons. The van der Waals surface area contributed by atoms with Crippen molar-refractivity contribution in [2.24, 2.45) is 10.2 Å². The Labute approximate surface area is 111 Å². The number of ether oxygens (including phenoxy) is 1. The Morgan fingerprint density at radius 2 is 1.58 bits per heavy atom. The van der Waals surface area contributed by atoms with E-state index in [0.29, 0.717) is 13.0 Å². The topological polar surface area (TPSA) is 67.1 Å². The Morgan fingerprint density at radius 3 is 2.21 bits per heavy atom. The van der Waals surface area contributed by atoms with Crippen LogP contribution in [0.15, 0.2) is 59.0 Å². The summed E-state index contributed by atoms with van der Waals surface area (Å²) in [6, 6.07) is 10.9. The van der Waals surface area contributed by atoms with Gasteiger partial charge in [0.05, 0.1) is 18.0 Å². The highest BCUT2D eigenvalue weighted by atomic mass is 16.5. The maximum Gasteiger partial charge on any atom is 0.119 e. The second-order valence-corrected chi connectivity index (χ2v) is 3.82. The van der Waals surface area contributed by atoms with Crippen LogP contribution in [0, 0.1) is 0 Å². The van der Waals surface area contributed by atoms with Gasteiger partial charge >= 0.3 is 0 Å². The van der Waals surface area contributed by atoms with E-state index in [2.05, 4.69) is 15.2 Å². The van der Waals surface area contributed by atoms with E-state index in [1.165, 1.54) is 0 Å².